The zero-order chi connectivity index (χ0) is 15.6. The summed E-state index contributed by atoms with van der Waals surface area (Å²) < 4.78 is 5.79. The fourth-order valence-electron chi connectivity index (χ4n) is 1.70. The minimum atomic E-state index is -1.35. The molecule has 0 saturated heterocycles. The number of carboxylic acid groups (broad SMARTS) is 1. The average molecular weight is 356 g/mol. The standard InChI is InChI=1S/C12H10BrN3O5/c1-21-9(17)5-14-11(18)10-15-7-3-2-6(13)4-8(7)16(10)12(19)20/h2-4H,5H2,1H3,(H,14,18)(H,19,20). The highest BCUT2D eigenvalue weighted by Gasteiger charge is 2.22. The molecule has 0 aliphatic carbocycles. The third-order valence-electron chi connectivity index (χ3n) is 2.63. The van der Waals surface area contributed by atoms with Gasteiger partial charge in [-0.15, -0.1) is 0 Å². The minimum absolute atomic E-state index is 0.264. The predicted molar refractivity (Wildman–Crippen MR) is 75.2 cm³/mol. The van der Waals surface area contributed by atoms with E-state index < -0.39 is 18.0 Å². The number of rotatable bonds is 3. The summed E-state index contributed by atoms with van der Waals surface area (Å²) in [6.07, 6.45) is -1.35. The van der Waals surface area contributed by atoms with Crippen LogP contribution in [0.1, 0.15) is 10.6 Å². The highest BCUT2D eigenvalue weighted by Crippen LogP contribution is 2.21. The molecule has 2 rings (SSSR count). The van der Waals surface area contributed by atoms with Crippen LogP contribution in [0.5, 0.6) is 0 Å². The van der Waals surface area contributed by atoms with Crippen LogP contribution in [-0.4, -0.2) is 46.3 Å². The molecule has 0 atom stereocenters. The summed E-state index contributed by atoms with van der Waals surface area (Å²) in [4.78, 5) is 38.3. The number of ether oxygens (including phenoxy) is 1. The quantitative estimate of drug-likeness (QED) is 0.801. The van der Waals surface area contributed by atoms with Gasteiger partial charge in [0.2, 0.25) is 5.82 Å². The van der Waals surface area contributed by atoms with Crippen molar-refractivity contribution in [2.24, 2.45) is 0 Å². The number of halogens is 1. The number of amides is 1. The Bertz CT molecular complexity index is 740. The second-order valence-corrected chi connectivity index (χ2v) is 4.86. The number of carbonyl (C=O) groups is 3. The summed E-state index contributed by atoms with van der Waals surface area (Å²) in [7, 11) is 1.18. The molecule has 110 valence electrons. The van der Waals surface area contributed by atoms with Crippen LogP contribution in [0, 0.1) is 0 Å². The lowest BCUT2D eigenvalue weighted by Crippen LogP contribution is -2.33. The van der Waals surface area contributed by atoms with Gasteiger partial charge < -0.3 is 15.2 Å². The Morgan fingerprint density at radius 3 is 2.76 bits per heavy atom. The predicted octanol–water partition coefficient (Wildman–Crippen LogP) is 1.23. The number of benzene rings is 1. The molecule has 9 heteroatoms. The van der Waals surface area contributed by atoms with Crippen LogP contribution in [0.2, 0.25) is 0 Å². The smallest absolute Gasteiger partial charge is 0.417 e. The molecule has 1 amide bonds. The molecule has 21 heavy (non-hydrogen) atoms. The van der Waals surface area contributed by atoms with Crippen molar-refractivity contribution in [2.45, 2.75) is 0 Å². The number of hydrogen-bond acceptors (Lipinski definition) is 5. The molecule has 0 aliphatic rings. The zero-order valence-corrected chi connectivity index (χ0v) is 12.4. The van der Waals surface area contributed by atoms with Gasteiger partial charge in [0.25, 0.3) is 5.91 Å². The Morgan fingerprint density at radius 2 is 2.14 bits per heavy atom. The normalized spacial score (nSPS) is 10.4. The summed E-state index contributed by atoms with van der Waals surface area (Å²) in [5.41, 5.74) is 0.615. The molecule has 1 aromatic heterocycles. The van der Waals surface area contributed by atoms with Gasteiger partial charge in [-0.3, -0.25) is 9.59 Å². The highest BCUT2D eigenvalue weighted by atomic mass is 79.9. The molecule has 0 spiro atoms. The summed E-state index contributed by atoms with van der Waals surface area (Å²) >= 11 is 3.23. The van der Waals surface area contributed by atoms with E-state index >= 15 is 0 Å². The molecule has 2 aromatic rings. The van der Waals surface area contributed by atoms with Crippen molar-refractivity contribution in [3.05, 3.63) is 28.5 Å². The summed E-state index contributed by atoms with van der Waals surface area (Å²) in [5.74, 6) is -1.75. The number of nitrogens with one attached hydrogen (secondary N) is 1. The lowest BCUT2D eigenvalue weighted by Gasteiger charge is -2.04. The number of aromatic nitrogens is 2. The van der Waals surface area contributed by atoms with E-state index in [4.69, 9.17) is 0 Å². The molecular formula is C12H10BrN3O5. The van der Waals surface area contributed by atoms with E-state index in [1.807, 2.05) is 0 Å². The van der Waals surface area contributed by atoms with Gasteiger partial charge in [0.05, 0.1) is 18.1 Å². The fraction of sp³-hybridized carbons (Fsp3) is 0.167. The fourth-order valence-corrected chi connectivity index (χ4v) is 2.05. The first kappa shape index (κ1) is 15.0. The maximum Gasteiger partial charge on any atom is 0.417 e. The second-order valence-electron chi connectivity index (χ2n) is 3.95. The van der Waals surface area contributed by atoms with E-state index in [1.54, 1.807) is 12.1 Å². The number of esters is 1. The average Bonchev–Trinajstić information content (AvgIpc) is 2.82. The number of carbonyl (C=O) groups excluding carboxylic acids is 2. The van der Waals surface area contributed by atoms with Crippen LogP contribution < -0.4 is 5.32 Å². The van der Waals surface area contributed by atoms with Crippen LogP contribution in [-0.2, 0) is 9.53 Å². The van der Waals surface area contributed by atoms with E-state index in [9.17, 15) is 19.5 Å². The molecule has 0 unspecified atom stereocenters. The minimum Gasteiger partial charge on any atom is -0.468 e. The first-order chi connectivity index (χ1) is 9.93. The van der Waals surface area contributed by atoms with Gasteiger partial charge in [0, 0.05) is 4.47 Å². The lowest BCUT2D eigenvalue weighted by atomic mass is 10.3. The molecule has 0 radical (unpaired) electrons. The van der Waals surface area contributed by atoms with Crippen LogP contribution in [0.25, 0.3) is 11.0 Å². The molecule has 8 nitrogen and oxygen atoms in total. The number of hydrogen-bond donors (Lipinski definition) is 2. The van der Waals surface area contributed by atoms with E-state index in [1.165, 1.54) is 13.2 Å². The monoisotopic (exact) mass is 355 g/mol. The molecule has 0 bridgehead atoms. The number of methoxy groups -OCH3 is 1. The van der Waals surface area contributed by atoms with Crippen molar-refractivity contribution in [3.8, 4) is 0 Å². The largest absolute Gasteiger partial charge is 0.468 e. The summed E-state index contributed by atoms with van der Waals surface area (Å²) in [6, 6.07) is 4.79. The molecule has 1 aromatic carbocycles. The maximum absolute atomic E-state index is 12.0. The number of imidazole rings is 1. The van der Waals surface area contributed by atoms with Crippen LogP contribution >= 0.6 is 15.9 Å². The van der Waals surface area contributed by atoms with Crippen molar-refractivity contribution in [1.29, 1.82) is 0 Å². The Hall–Kier alpha value is -2.42. The first-order valence-electron chi connectivity index (χ1n) is 5.70. The van der Waals surface area contributed by atoms with E-state index in [0.717, 1.165) is 4.57 Å². The molecule has 0 fully saturated rings. The SMILES string of the molecule is COC(=O)CNC(=O)c1nc2ccc(Br)cc2n1C(=O)O. The van der Waals surface area contributed by atoms with Gasteiger partial charge >= 0.3 is 12.1 Å². The molecule has 2 N–H and O–H groups in total. The molecule has 0 aliphatic heterocycles. The maximum atomic E-state index is 12.0. The third-order valence-corrected chi connectivity index (χ3v) is 3.13. The van der Waals surface area contributed by atoms with Crippen LogP contribution in [0.3, 0.4) is 0 Å². The van der Waals surface area contributed by atoms with Gasteiger partial charge in [-0.05, 0) is 18.2 Å². The molecule has 1 heterocycles. The Labute approximate surface area is 126 Å². The molecular weight excluding hydrogens is 346 g/mol. The van der Waals surface area contributed by atoms with Crippen LogP contribution in [0.4, 0.5) is 4.79 Å². The van der Waals surface area contributed by atoms with Gasteiger partial charge in [0.1, 0.15) is 6.54 Å². The Kier molecular flexibility index (Phi) is 4.22. The van der Waals surface area contributed by atoms with Crippen molar-refractivity contribution in [1.82, 2.24) is 14.9 Å². The van der Waals surface area contributed by atoms with Crippen molar-refractivity contribution in [2.75, 3.05) is 13.7 Å². The van der Waals surface area contributed by atoms with Crippen molar-refractivity contribution >= 4 is 44.9 Å². The Morgan fingerprint density at radius 1 is 1.43 bits per heavy atom. The second kappa shape index (κ2) is 5.92. The van der Waals surface area contributed by atoms with Crippen molar-refractivity contribution < 1.29 is 24.2 Å². The topological polar surface area (TPSA) is 111 Å². The van der Waals surface area contributed by atoms with Crippen LogP contribution in [0.15, 0.2) is 22.7 Å². The van der Waals surface area contributed by atoms with E-state index in [2.05, 4.69) is 31.0 Å². The Balaban J connectivity index is 2.43. The van der Waals surface area contributed by atoms with Gasteiger partial charge in [-0.2, -0.15) is 0 Å². The highest BCUT2D eigenvalue weighted by molar-refractivity contribution is 9.10. The van der Waals surface area contributed by atoms with Crippen molar-refractivity contribution in [3.63, 3.8) is 0 Å². The van der Waals surface area contributed by atoms with Gasteiger partial charge in [0.15, 0.2) is 0 Å². The van der Waals surface area contributed by atoms with Gasteiger partial charge in [-0.1, -0.05) is 15.9 Å². The van der Waals surface area contributed by atoms with Gasteiger partial charge in [-0.25, -0.2) is 14.3 Å². The summed E-state index contributed by atoms with van der Waals surface area (Å²) in [5, 5.41) is 11.5. The number of nitrogens with zero attached hydrogens (tertiary/aromatic N) is 2. The summed E-state index contributed by atoms with van der Waals surface area (Å²) in [6.45, 7) is -0.373. The van der Waals surface area contributed by atoms with E-state index in [-0.39, 0.29) is 17.9 Å². The third kappa shape index (κ3) is 3.02. The number of fused-ring (bicyclic) bond motifs is 1. The molecule has 0 saturated carbocycles. The first-order valence-corrected chi connectivity index (χ1v) is 6.49. The zero-order valence-electron chi connectivity index (χ0n) is 10.8. The lowest BCUT2D eigenvalue weighted by molar-refractivity contribution is -0.139. The van der Waals surface area contributed by atoms with E-state index in [0.29, 0.717) is 9.99 Å².